The van der Waals surface area contributed by atoms with Crippen LogP contribution in [0.15, 0.2) is 67.0 Å². The van der Waals surface area contributed by atoms with Crippen LogP contribution in [0.5, 0.6) is 0 Å². The summed E-state index contributed by atoms with van der Waals surface area (Å²) in [7, 11) is 0. The maximum atomic E-state index is 13.8. The minimum Gasteiger partial charge on any atom is -0.305 e. The van der Waals surface area contributed by atoms with Gasteiger partial charge in [-0.15, -0.1) is 0 Å². The van der Waals surface area contributed by atoms with Crippen LogP contribution in [0.25, 0.3) is 5.69 Å². The lowest BCUT2D eigenvalue weighted by atomic mass is 9.48. The van der Waals surface area contributed by atoms with Gasteiger partial charge in [0.15, 0.2) is 5.82 Å². The zero-order chi connectivity index (χ0) is 25.9. The second kappa shape index (κ2) is 9.09. The first-order valence-electron chi connectivity index (χ1n) is 13.4. The van der Waals surface area contributed by atoms with Crippen LogP contribution in [0.2, 0.25) is 5.02 Å². The van der Waals surface area contributed by atoms with E-state index in [9.17, 15) is 9.18 Å². The van der Waals surface area contributed by atoms with E-state index in [-0.39, 0.29) is 17.1 Å². The topological polar surface area (TPSA) is 64.7 Å². The summed E-state index contributed by atoms with van der Waals surface area (Å²) in [4.78, 5) is 13.8. The van der Waals surface area contributed by atoms with E-state index in [2.05, 4.69) is 10.4 Å². The number of nitrogens with zero attached hydrogens (tertiary/aromatic N) is 4. The van der Waals surface area contributed by atoms with Gasteiger partial charge in [0.05, 0.1) is 23.5 Å². The highest BCUT2D eigenvalue weighted by Gasteiger charge is 2.54. The van der Waals surface area contributed by atoms with Crippen molar-refractivity contribution in [3.63, 3.8) is 0 Å². The number of aromatic nitrogens is 4. The van der Waals surface area contributed by atoms with E-state index in [1.165, 1.54) is 31.4 Å². The minimum absolute atomic E-state index is 0.0276. The summed E-state index contributed by atoms with van der Waals surface area (Å²) in [5, 5.41) is 13.0. The normalized spacial score (nSPS) is 25.6. The predicted molar refractivity (Wildman–Crippen MR) is 144 cm³/mol. The lowest BCUT2D eigenvalue weighted by Gasteiger charge is -2.56. The first-order valence-corrected chi connectivity index (χ1v) is 13.8. The summed E-state index contributed by atoms with van der Waals surface area (Å²) >= 11 is 6.19. The SMILES string of the molecule is O=C(Nc1ccn(Cc2ccc(F)cc2Cl)n1)c1cn(-c2ccccc2)nc1C12CC3CC(CC(C3)C1)C2. The highest BCUT2D eigenvalue weighted by Crippen LogP contribution is 2.60. The Bertz CT molecular complexity index is 1470. The Labute approximate surface area is 225 Å². The molecule has 1 N–H and O–H groups in total. The molecule has 0 aliphatic heterocycles. The molecule has 2 aromatic heterocycles. The molecule has 4 saturated carbocycles. The summed E-state index contributed by atoms with van der Waals surface area (Å²) in [6.45, 7) is 0.374. The van der Waals surface area contributed by atoms with Crippen LogP contribution < -0.4 is 5.32 Å². The first kappa shape index (κ1) is 23.7. The molecule has 0 unspecified atom stereocenters. The number of hydrogen-bond donors (Lipinski definition) is 1. The Morgan fingerprint density at radius 2 is 1.71 bits per heavy atom. The molecule has 4 fully saturated rings. The smallest absolute Gasteiger partial charge is 0.260 e. The zero-order valence-corrected chi connectivity index (χ0v) is 21.7. The molecule has 8 rings (SSSR count). The van der Waals surface area contributed by atoms with Crippen molar-refractivity contribution >= 4 is 23.3 Å². The van der Waals surface area contributed by atoms with Crippen LogP contribution >= 0.6 is 11.6 Å². The Kier molecular flexibility index (Phi) is 5.65. The van der Waals surface area contributed by atoms with Gasteiger partial charge in [0.2, 0.25) is 0 Å². The van der Waals surface area contributed by atoms with E-state index in [1.54, 1.807) is 23.0 Å². The maximum absolute atomic E-state index is 13.8. The molecule has 38 heavy (non-hydrogen) atoms. The predicted octanol–water partition coefficient (Wildman–Crippen LogP) is 6.63. The number of hydrogen-bond acceptors (Lipinski definition) is 3. The molecule has 194 valence electrons. The maximum Gasteiger partial charge on any atom is 0.260 e. The van der Waals surface area contributed by atoms with Gasteiger partial charge in [0.1, 0.15) is 5.82 Å². The number of halogens is 2. The van der Waals surface area contributed by atoms with Gasteiger partial charge in [-0.1, -0.05) is 35.9 Å². The number of carbonyl (C=O) groups excluding carboxylic acids is 1. The molecular formula is C30H29ClFN5O. The van der Waals surface area contributed by atoms with Gasteiger partial charge in [-0.2, -0.15) is 10.2 Å². The van der Waals surface area contributed by atoms with Crippen molar-refractivity contribution < 1.29 is 9.18 Å². The number of anilines is 1. The molecular weight excluding hydrogens is 501 g/mol. The molecule has 0 spiro atoms. The summed E-state index contributed by atoms with van der Waals surface area (Å²) in [6, 6.07) is 16.1. The fourth-order valence-electron chi connectivity index (χ4n) is 7.57. The van der Waals surface area contributed by atoms with Gasteiger partial charge in [-0.3, -0.25) is 9.48 Å². The van der Waals surface area contributed by atoms with Gasteiger partial charge >= 0.3 is 0 Å². The van der Waals surface area contributed by atoms with E-state index in [1.807, 2.05) is 41.2 Å². The van der Waals surface area contributed by atoms with Crippen LogP contribution in [0.1, 0.15) is 60.1 Å². The quantitative estimate of drug-likeness (QED) is 0.305. The van der Waals surface area contributed by atoms with E-state index >= 15 is 0 Å². The van der Waals surface area contributed by atoms with Crippen LogP contribution in [-0.2, 0) is 12.0 Å². The number of amides is 1. The van der Waals surface area contributed by atoms with Crippen LogP contribution in [0.3, 0.4) is 0 Å². The largest absolute Gasteiger partial charge is 0.305 e. The van der Waals surface area contributed by atoms with Gasteiger partial charge < -0.3 is 5.32 Å². The number of carbonyl (C=O) groups is 1. The van der Waals surface area contributed by atoms with Crippen molar-refractivity contribution in [3.8, 4) is 5.69 Å². The lowest BCUT2D eigenvalue weighted by Crippen LogP contribution is -2.49. The summed E-state index contributed by atoms with van der Waals surface area (Å²) in [5.41, 5.74) is 3.24. The van der Waals surface area contributed by atoms with E-state index in [4.69, 9.17) is 16.7 Å². The zero-order valence-electron chi connectivity index (χ0n) is 21.0. The van der Waals surface area contributed by atoms with Gasteiger partial charge in [0.25, 0.3) is 5.91 Å². The van der Waals surface area contributed by atoms with Crippen molar-refractivity contribution in [2.75, 3.05) is 5.32 Å². The summed E-state index contributed by atoms with van der Waals surface area (Å²) in [6.07, 6.45) is 11.0. The summed E-state index contributed by atoms with van der Waals surface area (Å²) in [5.74, 6) is 2.12. The highest BCUT2D eigenvalue weighted by atomic mass is 35.5. The first-order chi connectivity index (χ1) is 18.4. The van der Waals surface area contributed by atoms with Gasteiger partial charge in [0, 0.05) is 28.9 Å². The third kappa shape index (κ3) is 4.23. The monoisotopic (exact) mass is 529 g/mol. The van der Waals surface area contributed by atoms with Crippen LogP contribution in [0, 0.1) is 23.6 Å². The van der Waals surface area contributed by atoms with Crippen molar-refractivity contribution in [3.05, 3.63) is 94.7 Å². The van der Waals surface area contributed by atoms with E-state index in [0.717, 1.165) is 54.0 Å². The molecule has 0 saturated heterocycles. The average molecular weight is 530 g/mol. The molecule has 2 heterocycles. The van der Waals surface area contributed by atoms with Gasteiger partial charge in [-0.05, 0) is 86.1 Å². The number of para-hydroxylation sites is 1. The fourth-order valence-corrected chi connectivity index (χ4v) is 7.80. The second-order valence-electron chi connectivity index (χ2n) is 11.5. The van der Waals surface area contributed by atoms with Crippen molar-refractivity contribution in [1.29, 1.82) is 0 Å². The average Bonchev–Trinajstić information content (AvgIpc) is 3.53. The lowest BCUT2D eigenvalue weighted by molar-refractivity contribution is -0.00765. The standard InChI is InChI=1S/C30H29ClFN5O/c31-26-13-23(32)7-6-22(26)17-36-9-8-27(34-36)33-29(38)25-18-37(24-4-2-1-3-5-24)35-28(25)30-14-19-10-20(15-30)12-21(11-19)16-30/h1-9,13,18-21H,10-12,14-17H2,(H,33,34,38). The molecule has 2 aromatic carbocycles. The Balaban J connectivity index is 1.19. The fraction of sp³-hybridized carbons (Fsp3) is 0.367. The molecule has 4 aromatic rings. The number of rotatable bonds is 6. The number of benzene rings is 2. The van der Waals surface area contributed by atoms with Crippen molar-refractivity contribution in [2.24, 2.45) is 17.8 Å². The number of nitrogens with one attached hydrogen (secondary N) is 1. The van der Waals surface area contributed by atoms with Gasteiger partial charge in [-0.25, -0.2) is 9.07 Å². The van der Waals surface area contributed by atoms with E-state index < -0.39 is 0 Å². The molecule has 4 bridgehead atoms. The Hall–Kier alpha value is -3.45. The van der Waals surface area contributed by atoms with Crippen LogP contribution in [0.4, 0.5) is 10.2 Å². The molecule has 0 radical (unpaired) electrons. The van der Waals surface area contributed by atoms with Crippen molar-refractivity contribution in [1.82, 2.24) is 19.6 Å². The Morgan fingerprint density at radius 3 is 2.39 bits per heavy atom. The van der Waals surface area contributed by atoms with Crippen molar-refractivity contribution in [2.45, 2.75) is 50.5 Å². The van der Waals surface area contributed by atoms with E-state index in [0.29, 0.717) is 22.9 Å². The second-order valence-corrected chi connectivity index (χ2v) is 11.9. The van der Waals surface area contributed by atoms with Crippen LogP contribution in [-0.4, -0.2) is 25.5 Å². The molecule has 0 atom stereocenters. The molecule has 6 nitrogen and oxygen atoms in total. The molecule has 4 aliphatic rings. The highest BCUT2D eigenvalue weighted by molar-refractivity contribution is 6.31. The molecule has 8 heteroatoms. The Morgan fingerprint density at radius 1 is 1.00 bits per heavy atom. The molecule has 1 amide bonds. The third-order valence-electron chi connectivity index (χ3n) is 8.75. The summed E-state index contributed by atoms with van der Waals surface area (Å²) < 4.78 is 17.0. The molecule has 4 aliphatic carbocycles. The third-order valence-corrected chi connectivity index (χ3v) is 9.10. The minimum atomic E-state index is -0.377.